The Morgan fingerprint density at radius 3 is 3.00 bits per heavy atom. The van der Waals surface area contributed by atoms with Crippen molar-refractivity contribution in [2.45, 2.75) is 6.10 Å². The summed E-state index contributed by atoms with van der Waals surface area (Å²) in [5.41, 5.74) is -0.787. The van der Waals surface area contributed by atoms with E-state index in [1.807, 2.05) is 6.07 Å². The van der Waals surface area contributed by atoms with Crippen LogP contribution >= 0.6 is 0 Å². The summed E-state index contributed by atoms with van der Waals surface area (Å²) in [6.07, 6.45) is -0.777. The molecule has 1 heterocycles. The number of hydrogen-bond acceptors (Lipinski definition) is 5. The number of carbonyl (C=O) groups is 1. The lowest BCUT2D eigenvalue weighted by molar-refractivity contribution is -0.385. The van der Waals surface area contributed by atoms with Gasteiger partial charge in [-0.3, -0.25) is 14.9 Å². The first-order chi connectivity index (χ1) is 9.52. The first-order valence-corrected chi connectivity index (χ1v) is 5.77. The summed E-state index contributed by atoms with van der Waals surface area (Å²) < 4.78 is 18.3. The maximum atomic E-state index is 13.2. The van der Waals surface area contributed by atoms with Gasteiger partial charge in [0.05, 0.1) is 24.1 Å². The van der Waals surface area contributed by atoms with Crippen molar-refractivity contribution >= 4 is 11.6 Å². The molecular weight excluding hydrogens is 269 g/mol. The van der Waals surface area contributed by atoms with Crippen LogP contribution in [0.25, 0.3) is 0 Å². The zero-order valence-corrected chi connectivity index (χ0v) is 10.3. The van der Waals surface area contributed by atoms with E-state index in [2.05, 4.69) is 0 Å². The number of nitro benzene ring substituents is 1. The van der Waals surface area contributed by atoms with Gasteiger partial charge in [-0.05, 0) is 12.1 Å². The quantitative estimate of drug-likeness (QED) is 0.596. The number of rotatable bonds is 2. The molecule has 1 fully saturated rings. The van der Waals surface area contributed by atoms with Gasteiger partial charge in [0.2, 0.25) is 0 Å². The van der Waals surface area contributed by atoms with Gasteiger partial charge in [-0.1, -0.05) is 0 Å². The molecule has 8 heteroatoms. The molecular formula is C12H10FN3O4. The molecule has 0 spiro atoms. The van der Waals surface area contributed by atoms with E-state index in [9.17, 15) is 19.3 Å². The minimum Gasteiger partial charge on any atom is -0.360 e. The summed E-state index contributed by atoms with van der Waals surface area (Å²) in [4.78, 5) is 23.6. The van der Waals surface area contributed by atoms with E-state index in [1.54, 1.807) is 0 Å². The zero-order chi connectivity index (χ0) is 14.7. The van der Waals surface area contributed by atoms with Crippen LogP contribution in [0.4, 0.5) is 10.1 Å². The van der Waals surface area contributed by atoms with Crippen LogP contribution in [0.2, 0.25) is 0 Å². The predicted molar refractivity (Wildman–Crippen MR) is 64.3 cm³/mol. The highest BCUT2D eigenvalue weighted by Crippen LogP contribution is 2.22. The molecule has 7 nitrogen and oxygen atoms in total. The van der Waals surface area contributed by atoms with Crippen molar-refractivity contribution < 1.29 is 18.8 Å². The van der Waals surface area contributed by atoms with Gasteiger partial charge >= 0.3 is 0 Å². The monoisotopic (exact) mass is 279 g/mol. The molecule has 1 aromatic carbocycles. The summed E-state index contributed by atoms with van der Waals surface area (Å²) in [6.45, 7) is 0.362. The lowest BCUT2D eigenvalue weighted by atomic mass is 10.1. The van der Waals surface area contributed by atoms with Crippen molar-refractivity contribution in [1.29, 1.82) is 5.26 Å². The fourth-order valence-electron chi connectivity index (χ4n) is 1.92. The maximum absolute atomic E-state index is 13.2. The smallest absolute Gasteiger partial charge is 0.282 e. The van der Waals surface area contributed by atoms with Crippen LogP contribution in [-0.2, 0) is 4.74 Å². The third-order valence-corrected chi connectivity index (χ3v) is 2.88. The van der Waals surface area contributed by atoms with Crippen molar-refractivity contribution in [3.05, 3.63) is 39.7 Å². The van der Waals surface area contributed by atoms with Crippen LogP contribution in [-0.4, -0.2) is 41.5 Å². The number of nitro groups is 1. The van der Waals surface area contributed by atoms with Crippen LogP contribution < -0.4 is 0 Å². The molecule has 1 unspecified atom stereocenters. The summed E-state index contributed by atoms with van der Waals surface area (Å²) in [6, 6.07) is 4.57. The highest BCUT2D eigenvalue weighted by molar-refractivity contribution is 5.98. The third-order valence-electron chi connectivity index (χ3n) is 2.88. The molecule has 20 heavy (non-hydrogen) atoms. The Bertz CT molecular complexity index is 599. The van der Waals surface area contributed by atoms with E-state index >= 15 is 0 Å². The molecule has 0 saturated carbocycles. The Hall–Kier alpha value is -2.53. The van der Waals surface area contributed by atoms with Crippen LogP contribution in [0.5, 0.6) is 0 Å². The van der Waals surface area contributed by atoms with E-state index in [-0.39, 0.29) is 25.3 Å². The average Bonchev–Trinajstić information content (AvgIpc) is 2.46. The van der Waals surface area contributed by atoms with Gasteiger partial charge in [0.1, 0.15) is 11.4 Å². The zero-order valence-electron chi connectivity index (χ0n) is 10.3. The standard InChI is InChI=1S/C12H10FN3O4/c13-8-1-2-11(16(18)19)10(5-8)12(17)15-3-4-20-9(6-14)7-15/h1-2,5,9H,3-4,7H2. The van der Waals surface area contributed by atoms with Gasteiger partial charge in [0, 0.05) is 12.6 Å². The fraction of sp³-hybridized carbons (Fsp3) is 0.333. The van der Waals surface area contributed by atoms with E-state index in [4.69, 9.17) is 10.00 Å². The molecule has 0 aliphatic carbocycles. The van der Waals surface area contributed by atoms with Gasteiger partial charge in [-0.2, -0.15) is 5.26 Å². The molecule has 1 amide bonds. The first-order valence-electron chi connectivity index (χ1n) is 5.77. The Morgan fingerprint density at radius 1 is 1.60 bits per heavy atom. The van der Waals surface area contributed by atoms with Crippen LogP contribution in [0, 0.1) is 27.3 Å². The number of carbonyl (C=O) groups excluding carboxylic acids is 1. The van der Waals surface area contributed by atoms with E-state index in [0.29, 0.717) is 0 Å². The Balaban J connectivity index is 2.31. The molecule has 2 rings (SSSR count). The number of morpholine rings is 1. The highest BCUT2D eigenvalue weighted by Gasteiger charge is 2.29. The van der Waals surface area contributed by atoms with Gasteiger partial charge in [0.25, 0.3) is 11.6 Å². The molecule has 1 aliphatic heterocycles. The molecule has 1 aromatic rings. The normalized spacial score (nSPS) is 18.4. The number of nitrogens with zero attached hydrogens (tertiary/aromatic N) is 3. The van der Waals surface area contributed by atoms with Crippen molar-refractivity contribution in [3.63, 3.8) is 0 Å². The van der Waals surface area contributed by atoms with E-state index in [1.165, 1.54) is 4.90 Å². The Labute approximate surface area is 113 Å². The summed E-state index contributed by atoms with van der Waals surface area (Å²) >= 11 is 0. The molecule has 0 bridgehead atoms. The third kappa shape index (κ3) is 2.73. The highest BCUT2D eigenvalue weighted by atomic mass is 19.1. The Morgan fingerprint density at radius 2 is 2.35 bits per heavy atom. The molecule has 1 saturated heterocycles. The molecule has 0 N–H and O–H groups in total. The lowest BCUT2D eigenvalue weighted by Gasteiger charge is -2.29. The molecule has 1 atom stereocenters. The number of nitriles is 1. The van der Waals surface area contributed by atoms with Crippen LogP contribution in [0.15, 0.2) is 18.2 Å². The minimum absolute atomic E-state index is 0.00298. The van der Waals surface area contributed by atoms with Crippen molar-refractivity contribution in [3.8, 4) is 6.07 Å². The van der Waals surface area contributed by atoms with Crippen molar-refractivity contribution in [1.82, 2.24) is 4.90 Å². The molecule has 1 aliphatic rings. The number of halogens is 1. The summed E-state index contributed by atoms with van der Waals surface area (Å²) in [5.74, 6) is -1.41. The first kappa shape index (κ1) is 13.9. The molecule has 0 radical (unpaired) electrons. The van der Waals surface area contributed by atoms with Crippen LogP contribution in [0.3, 0.4) is 0 Å². The lowest BCUT2D eigenvalue weighted by Crippen LogP contribution is -2.45. The van der Waals surface area contributed by atoms with E-state index < -0.39 is 28.4 Å². The number of amides is 1. The Kier molecular flexibility index (Phi) is 3.91. The summed E-state index contributed by atoms with van der Waals surface area (Å²) in [7, 11) is 0. The van der Waals surface area contributed by atoms with Crippen molar-refractivity contribution in [2.75, 3.05) is 19.7 Å². The second kappa shape index (κ2) is 5.63. The van der Waals surface area contributed by atoms with E-state index in [0.717, 1.165) is 18.2 Å². The van der Waals surface area contributed by atoms with Crippen molar-refractivity contribution in [2.24, 2.45) is 0 Å². The topological polar surface area (TPSA) is 96.5 Å². The second-order valence-electron chi connectivity index (χ2n) is 4.16. The fourth-order valence-corrected chi connectivity index (χ4v) is 1.92. The molecule has 104 valence electrons. The average molecular weight is 279 g/mol. The van der Waals surface area contributed by atoms with Gasteiger partial charge in [-0.25, -0.2) is 4.39 Å². The predicted octanol–water partition coefficient (Wildman–Crippen LogP) is 1.10. The number of benzene rings is 1. The SMILES string of the molecule is N#CC1CN(C(=O)c2cc(F)ccc2[N+](=O)[O-])CCO1. The number of ether oxygens (including phenoxy) is 1. The maximum Gasteiger partial charge on any atom is 0.282 e. The van der Waals surface area contributed by atoms with Gasteiger partial charge < -0.3 is 9.64 Å². The van der Waals surface area contributed by atoms with Gasteiger partial charge in [-0.15, -0.1) is 0 Å². The van der Waals surface area contributed by atoms with Gasteiger partial charge in [0.15, 0.2) is 6.10 Å². The second-order valence-corrected chi connectivity index (χ2v) is 4.16. The number of hydrogen-bond donors (Lipinski definition) is 0. The largest absolute Gasteiger partial charge is 0.360 e. The summed E-state index contributed by atoms with van der Waals surface area (Å²) in [5, 5.41) is 19.6. The molecule has 0 aromatic heterocycles. The minimum atomic E-state index is -0.777. The van der Waals surface area contributed by atoms with Crippen LogP contribution in [0.1, 0.15) is 10.4 Å².